The summed E-state index contributed by atoms with van der Waals surface area (Å²) in [4.78, 5) is 13.3. The quantitative estimate of drug-likeness (QED) is 0.504. The number of rotatable bonds is 9. The van der Waals surface area contributed by atoms with Crippen molar-refractivity contribution in [3.63, 3.8) is 0 Å². The van der Waals surface area contributed by atoms with Crippen LogP contribution in [0.1, 0.15) is 43.7 Å². The predicted molar refractivity (Wildman–Crippen MR) is 115 cm³/mol. The zero-order valence-electron chi connectivity index (χ0n) is 16.8. The molecule has 1 heterocycles. The lowest BCUT2D eigenvalue weighted by atomic mass is 10.0. The van der Waals surface area contributed by atoms with E-state index in [-0.39, 0.29) is 18.5 Å². The summed E-state index contributed by atoms with van der Waals surface area (Å²) in [5.41, 5.74) is 2.29. The first-order valence-corrected chi connectivity index (χ1v) is 10.6. The van der Waals surface area contributed by atoms with E-state index in [4.69, 9.17) is 9.15 Å². The Hall–Kier alpha value is -2.80. The molecule has 0 unspecified atom stereocenters. The van der Waals surface area contributed by atoms with Gasteiger partial charge >= 0.3 is 6.01 Å². The van der Waals surface area contributed by atoms with Crippen molar-refractivity contribution in [3.05, 3.63) is 65.5 Å². The van der Waals surface area contributed by atoms with E-state index in [2.05, 4.69) is 48.4 Å². The zero-order valence-corrected chi connectivity index (χ0v) is 17.7. The molecule has 0 saturated heterocycles. The van der Waals surface area contributed by atoms with Crippen LogP contribution in [-0.4, -0.2) is 28.5 Å². The van der Waals surface area contributed by atoms with Gasteiger partial charge in [-0.05, 0) is 47.1 Å². The summed E-state index contributed by atoms with van der Waals surface area (Å²) in [5, 5.41) is 10.4. The number of aromatic nitrogens is 2. The third-order valence-electron chi connectivity index (χ3n) is 4.22. The van der Waals surface area contributed by atoms with Crippen LogP contribution < -0.4 is 10.1 Å². The molecule has 0 bridgehead atoms. The maximum atomic E-state index is 12.1. The van der Waals surface area contributed by atoms with E-state index < -0.39 is 0 Å². The molecule has 1 N–H and O–H groups in total. The average molecular weight is 412 g/mol. The minimum absolute atomic E-state index is 0.0712. The zero-order chi connectivity index (χ0) is 20.6. The van der Waals surface area contributed by atoms with Crippen LogP contribution in [0.5, 0.6) is 5.75 Å². The van der Waals surface area contributed by atoms with Gasteiger partial charge in [-0.15, -0.1) is 16.9 Å². The smallest absolute Gasteiger partial charge is 0.322 e. The molecule has 2 aromatic carbocycles. The molecular formula is C22H25N3O3S. The fourth-order valence-corrected chi connectivity index (χ4v) is 3.34. The van der Waals surface area contributed by atoms with Crippen LogP contribution in [0.3, 0.4) is 0 Å². The third-order valence-corrected chi connectivity index (χ3v) is 5.11. The summed E-state index contributed by atoms with van der Waals surface area (Å²) in [5.74, 6) is 2.22. The Morgan fingerprint density at radius 1 is 1.10 bits per heavy atom. The number of carbonyl (C=O) groups is 1. The first-order valence-electron chi connectivity index (χ1n) is 9.60. The van der Waals surface area contributed by atoms with Crippen molar-refractivity contribution in [2.45, 2.75) is 38.0 Å². The molecule has 0 aliphatic heterocycles. The standard InChI is InChI=1S/C22H25N3O3S/c1-4-29-19-11-5-16(6-12-19)13-21-24-25-22(28-21)23-20(26)14-27-18-9-7-17(8-10-18)15(2)3/h5-12,15H,4,13-14H2,1-3H3,(H,23,25,26). The topological polar surface area (TPSA) is 77.2 Å². The van der Waals surface area contributed by atoms with Gasteiger partial charge in [0.25, 0.3) is 5.91 Å². The Morgan fingerprint density at radius 3 is 2.48 bits per heavy atom. The van der Waals surface area contributed by atoms with Crippen LogP contribution in [0.4, 0.5) is 6.01 Å². The van der Waals surface area contributed by atoms with Crippen molar-refractivity contribution in [1.82, 2.24) is 10.2 Å². The first-order chi connectivity index (χ1) is 14.0. The number of thioether (sulfide) groups is 1. The molecule has 7 heteroatoms. The van der Waals surface area contributed by atoms with E-state index in [1.54, 1.807) is 11.8 Å². The summed E-state index contributed by atoms with van der Waals surface area (Å²) in [6, 6.07) is 16.0. The van der Waals surface area contributed by atoms with E-state index in [1.807, 2.05) is 36.4 Å². The highest BCUT2D eigenvalue weighted by molar-refractivity contribution is 7.99. The molecule has 152 valence electrons. The van der Waals surface area contributed by atoms with Crippen LogP contribution in [0.15, 0.2) is 57.8 Å². The highest BCUT2D eigenvalue weighted by Gasteiger charge is 2.11. The molecule has 0 aliphatic rings. The van der Waals surface area contributed by atoms with Gasteiger partial charge in [0, 0.05) is 4.90 Å². The summed E-state index contributed by atoms with van der Waals surface area (Å²) in [6.45, 7) is 6.25. The largest absolute Gasteiger partial charge is 0.484 e. The molecule has 1 amide bonds. The van der Waals surface area contributed by atoms with E-state index in [0.29, 0.717) is 24.0 Å². The van der Waals surface area contributed by atoms with Crippen molar-refractivity contribution in [1.29, 1.82) is 0 Å². The Bertz CT molecular complexity index is 921. The second-order valence-electron chi connectivity index (χ2n) is 6.82. The van der Waals surface area contributed by atoms with Gasteiger partial charge in [0.05, 0.1) is 6.42 Å². The average Bonchev–Trinajstić information content (AvgIpc) is 3.15. The van der Waals surface area contributed by atoms with Crippen molar-refractivity contribution in [2.75, 3.05) is 17.7 Å². The van der Waals surface area contributed by atoms with Crippen LogP contribution in [0.2, 0.25) is 0 Å². The number of nitrogens with one attached hydrogen (secondary N) is 1. The number of benzene rings is 2. The number of nitrogens with zero attached hydrogens (tertiary/aromatic N) is 2. The Kier molecular flexibility index (Phi) is 7.30. The molecule has 29 heavy (non-hydrogen) atoms. The van der Waals surface area contributed by atoms with Crippen LogP contribution in [-0.2, 0) is 11.2 Å². The summed E-state index contributed by atoms with van der Waals surface area (Å²) in [6.07, 6.45) is 0.513. The molecule has 0 atom stereocenters. The van der Waals surface area contributed by atoms with Gasteiger partial charge in [-0.25, -0.2) is 0 Å². The molecule has 3 rings (SSSR count). The SMILES string of the molecule is CCSc1ccc(Cc2nnc(NC(=O)COc3ccc(C(C)C)cc3)o2)cc1. The first kappa shape index (κ1) is 20.9. The summed E-state index contributed by atoms with van der Waals surface area (Å²) >= 11 is 1.80. The number of carbonyl (C=O) groups excluding carboxylic acids is 1. The molecule has 0 spiro atoms. The summed E-state index contributed by atoms with van der Waals surface area (Å²) < 4.78 is 11.0. The second-order valence-corrected chi connectivity index (χ2v) is 8.15. The number of anilines is 1. The van der Waals surface area contributed by atoms with Gasteiger partial charge < -0.3 is 9.15 Å². The van der Waals surface area contributed by atoms with Crippen molar-refractivity contribution >= 4 is 23.7 Å². The predicted octanol–water partition coefficient (Wildman–Crippen LogP) is 4.91. The lowest BCUT2D eigenvalue weighted by Crippen LogP contribution is -2.20. The maximum Gasteiger partial charge on any atom is 0.322 e. The highest BCUT2D eigenvalue weighted by atomic mass is 32.2. The van der Waals surface area contributed by atoms with Gasteiger partial charge in [-0.2, -0.15) is 0 Å². The lowest BCUT2D eigenvalue weighted by molar-refractivity contribution is -0.118. The molecule has 3 aromatic rings. The fraction of sp³-hybridized carbons (Fsp3) is 0.318. The number of amides is 1. The molecule has 0 fully saturated rings. The highest BCUT2D eigenvalue weighted by Crippen LogP contribution is 2.20. The van der Waals surface area contributed by atoms with E-state index in [9.17, 15) is 4.79 Å². The van der Waals surface area contributed by atoms with Crippen molar-refractivity contribution in [2.24, 2.45) is 0 Å². The Morgan fingerprint density at radius 2 is 1.83 bits per heavy atom. The molecule has 0 radical (unpaired) electrons. The Balaban J connectivity index is 1.48. The van der Waals surface area contributed by atoms with E-state index in [1.165, 1.54) is 10.5 Å². The normalized spacial score (nSPS) is 10.9. The Labute approximate surface area is 175 Å². The molecular weight excluding hydrogens is 386 g/mol. The lowest BCUT2D eigenvalue weighted by Gasteiger charge is -2.08. The minimum atomic E-state index is -0.353. The minimum Gasteiger partial charge on any atom is -0.484 e. The maximum absolute atomic E-state index is 12.1. The van der Waals surface area contributed by atoms with Gasteiger partial charge in [0.15, 0.2) is 6.61 Å². The van der Waals surface area contributed by atoms with E-state index in [0.717, 1.165) is 11.3 Å². The van der Waals surface area contributed by atoms with Gasteiger partial charge in [0.1, 0.15) is 5.75 Å². The second kappa shape index (κ2) is 10.1. The van der Waals surface area contributed by atoms with Crippen molar-refractivity contribution in [3.8, 4) is 5.75 Å². The monoisotopic (exact) mass is 411 g/mol. The molecule has 0 saturated carbocycles. The van der Waals surface area contributed by atoms with Crippen LogP contribution >= 0.6 is 11.8 Å². The van der Waals surface area contributed by atoms with Gasteiger partial charge in [-0.1, -0.05) is 50.1 Å². The number of hydrogen-bond donors (Lipinski definition) is 1. The number of ether oxygens (including phenoxy) is 1. The van der Waals surface area contributed by atoms with Gasteiger partial charge in [0.2, 0.25) is 5.89 Å². The third kappa shape index (κ3) is 6.35. The van der Waals surface area contributed by atoms with Gasteiger partial charge in [-0.3, -0.25) is 10.1 Å². The van der Waals surface area contributed by atoms with Crippen LogP contribution in [0.25, 0.3) is 0 Å². The van der Waals surface area contributed by atoms with Crippen molar-refractivity contribution < 1.29 is 13.9 Å². The molecule has 0 aliphatic carbocycles. The summed E-state index contributed by atoms with van der Waals surface area (Å²) in [7, 11) is 0. The van der Waals surface area contributed by atoms with Crippen LogP contribution in [0, 0.1) is 0 Å². The molecule has 1 aromatic heterocycles. The number of hydrogen-bond acceptors (Lipinski definition) is 6. The van der Waals surface area contributed by atoms with E-state index >= 15 is 0 Å². The fourth-order valence-electron chi connectivity index (χ4n) is 2.67. The molecule has 6 nitrogen and oxygen atoms in total.